The minimum atomic E-state index is 0. The number of ether oxygens (including phenoxy) is 1. The summed E-state index contributed by atoms with van der Waals surface area (Å²) in [6.07, 6.45) is 4.01. The van der Waals surface area contributed by atoms with Crippen LogP contribution < -0.4 is 5.32 Å². The minimum Gasteiger partial charge on any atom is -0.381 e. The Balaban J connectivity index is 0.00000420. The minimum absolute atomic E-state index is 0. The highest BCUT2D eigenvalue weighted by Gasteiger charge is 2.14. The second-order valence-electron chi connectivity index (χ2n) is 7.40. The van der Waals surface area contributed by atoms with Gasteiger partial charge in [0, 0.05) is 52.6 Å². The summed E-state index contributed by atoms with van der Waals surface area (Å²) in [6.45, 7) is 7.49. The van der Waals surface area contributed by atoms with Gasteiger partial charge in [-0.25, -0.2) is 0 Å². The van der Waals surface area contributed by atoms with Crippen LogP contribution in [0.1, 0.15) is 43.0 Å². The lowest BCUT2D eigenvalue weighted by atomic mass is 10.1. The van der Waals surface area contributed by atoms with Crippen LogP contribution in [-0.4, -0.2) is 54.5 Å². The number of aliphatic imine (C=N–C) groups is 1. The first kappa shape index (κ1) is 25.4. The molecule has 0 radical (unpaired) electrons. The molecule has 0 atom stereocenters. The maximum Gasteiger partial charge on any atom is 0.193 e. The van der Waals surface area contributed by atoms with Crippen LogP contribution in [0.2, 0.25) is 0 Å². The molecule has 0 fully saturated rings. The third-order valence-electron chi connectivity index (χ3n) is 4.59. The van der Waals surface area contributed by atoms with E-state index in [-0.39, 0.29) is 24.0 Å². The van der Waals surface area contributed by atoms with E-state index >= 15 is 0 Å². The molecule has 162 valence electrons. The van der Waals surface area contributed by atoms with Crippen molar-refractivity contribution in [2.45, 2.75) is 39.2 Å². The molecule has 1 heterocycles. The smallest absolute Gasteiger partial charge is 0.193 e. The van der Waals surface area contributed by atoms with Gasteiger partial charge in [-0.15, -0.1) is 24.0 Å². The van der Waals surface area contributed by atoms with Crippen LogP contribution in [0.5, 0.6) is 0 Å². The zero-order valence-electron chi connectivity index (χ0n) is 18.4. The Hall–Kier alpha value is -1.61. The first-order chi connectivity index (χ1) is 13.5. The zero-order valence-corrected chi connectivity index (χ0v) is 20.7. The molecule has 0 saturated heterocycles. The van der Waals surface area contributed by atoms with Gasteiger partial charge in [0.25, 0.3) is 0 Å². The van der Waals surface area contributed by atoms with Gasteiger partial charge < -0.3 is 15.0 Å². The summed E-state index contributed by atoms with van der Waals surface area (Å²) in [5.74, 6) is 1.30. The van der Waals surface area contributed by atoms with Crippen LogP contribution in [0.4, 0.5) is 0 Å². The molecule has 1 aromatic carbocycles. The number of aryl methyl sites for hydroxylation is 1. The molecule has 0 aliphatic rings. The maximum absolute atomic E-state index is 5.75. The number of rotatable bonds is 10. The zero-order chi connectivity index (χ0) is 20.4. The van der Waals surface area contributed by atoms with E-state index in [1.807, 2.05) is 24.8 Å². The van der Waals surface area contributed by atoms with Crippen molar-refractivity contribution in [3.8, 4) is 0 Å². The van der Waals surface area contributed by atoms with Crippen LogP contribution in [-0.2, 0) is 24.8 Å². The molecular weight excluding hydrogens is 477 g/mol. The molecule has 1 N–H and O–H groups in total. The van der Waals surface area contributed by atoms with Gasteiger partial charge in [0.05, 0.1) is 12.3 Å². The monoisotopic (exact) mass is 513 g/mol. The molecule has 29 heavy (non-hydrogen) atoms. The molecule has 0 aliphatic carbocycles. The van der Waals surface area contributed by atoms with Gasteiger partial charge in [0.2, 0.25) is 0 Å². The quantitative estimate of drug-likeness (QED) is 0.227. The van der Waals surface area contributed by atoms with E-state index in [1.54, 1.807) is 0 Å². The standard InChI is InChI=1S/C22H35N5O.HI/c1-18(2)21-20(17-27(5)25-21)16-26(4)22(23-3)24-13-9-14-28-15-12-19-10-7-6-8-11-19;/h6-8,10-11,17-18H,9,12-16H2,1-5H3,(H,23,24);1H. The average Bonchev–Trinajstić information content (AvgIpc) is 3.05. The highest BCUT2D eigenvalue weighted by Crippen LogP contribution is 2.18. The number of guanidine groups is 1. The summed E-state index contributed by atoms with van der Waals surface area (Å²) in [6, 6.07) is 10.4. The highest BCUT2D eigenvalue weighted by molar-refractivity contribution is 14.0. The maximum atomic E-state index is 5.75. The van der Waals surface area contributed by atoms with Crippen molar-refractivity contribution in [2.75, 3.05) is 33.9 Å². The van der Waals surface area contributed by atoms with Gasteiger partial charge in [-0.3, -0.25) is 9.67 Å². The van der Waals surface area contributed by atoms with E-state index in [9.17, 15) is 0 Å². The molecule has 0 amide bonds. The Morgan fingerprint density at radius 3 is 2.62 bits per heavy atom. The normalized spacial score (nSPS) is 11.4. The molecule has 0 spiro atoms. The van der Waals surface area contributed by atoms with Gasteiger partial charge in [-0.2, -0.15) is 5.10 Å². The molecule has 0 bridgehead atoms. The molecule has 0 saturated carbocycles. The number of hydrogen-bond donors (Lipinski definition) is 1. The fourth-order valence-electron chi connectivity index (χ4n) is 3.19. The summed E-state index contributed by atoms with van der Waals surface area (Å²) in [5, 5.41) is 8.01. The first-order valence-electron chi connectivity index (χ1n) is 10.1. The van der Waals surface area contributed by atoms with E-state index in [4.69, 9.17) is 4.74 Å². The van der Waals surface area contributed by atoms with Gasteiger partial charge >= 0.3 is 0 Å². The van der Waals surface area contributed by atoms with Crippen molar-refractivity contribution in [3.05, 3.63) is 53.3 Å². The predicted molar refractivity (Wildman–Crippen MR) is 131 cm³/mol. The number of nitrogens with zero attached hydrogens (tertiary/aromatic N) is 4. The number of aromatic nitrogens is 2. The fourth-order valence-corrected chi connectivity index (χ4v) is 3.19. The van der Waals surface area contributed by atoms with Crippen molar-refractivity contribution in [1.82, 2.24) is 20.0 Å². The van der Waals surface area contributed by atoms with Crippen molar-refractivity contribution in [2.24, 2.45) is 12.0 Å². The first-order valence-corrected chi connectivity index (χ1v) is 10.1. The van der Waals surface area contributed by atoms with Crippen LogP contribution >= 0.6 is 24.0 Å². The van der Waals surface area contributed by atoms with E-state index in [0.29, 0.717) is 5.92 Å². The summed E-state index contributed by atoms with van der Waals surface area (Å²) in [7, 11) is 5.85. The molecule has 2 aromatic rings. The largest absolute Gasteiger partial charge is 0.381 e. The van der Waals surface area contributed by atoms with Gasteiger partial charge in [0.15, 0.2) is 5.96 Å². The molecule has 1 aromatic heterocycles. The Morgan fingerprint density at radius 1 is 1.24 bits per heavy atom. The average molecular weight is 513 g/mol. The summed E-state index contributed by atoms with van der Waals surface area (Å²) in [4.78, 5) is 6.54. The van der Waals surface area contributed by atoms with Crippen LogP contribution in [0.15, 0.2) is 41.5 Å². The van der Waals surface area contributed by atoms with E-state index in [2.05, 4.69) is 71.7 Å². The van der Waals surface area contributed by atoms with E-state index < -0.39 is 0 Å². The fraction of sp³-hybridized carbons (Fsp3) is 0.545. The molecule has 6 nitrogen and oxygen atoms in total. The van der Waals surface area contributed by atoms with Crippen LogP contribution in [0, 0.1) is 0 Å². The summed E-state index contributed by atoms with van der Waals surface area (Å²) >= 11 is 0. The van der Waals surface area contributed by atoms with Crippen LogP contribution in [0.3, 0.4) is 0 Å². The Labute approximate surface area is 192 Å². The van der Waals surface area contributed by atoms with Crippen molar-refractivity contribution in [3.63, 3.8) is 0 Å². The molecule has 0 aliphatic heterocycles. The van der Waals surface area contributed by atoms with Crippen molar-refractivity contribution >= 4 is 29.9 Å². The molecule has 2 rings (SSSR count). The van der Waals surface area contributed by atoms with Gasteiger partial charge in [-0.05, 0) is 24.3 Å². The topological polar surface area (TPSA) is 54.7 Å². The SMILES string of the molecule is CN=C(NCCCOCCc1ccccc1)N(C)Cc1cn(C)nc1C(C)C.I. The van der Waals surface area contributed by atoms with Crippen LogP contribution in [0.25, 0.3) is 0 Å². The van der Waals surface area contributed by atoms with Crippen molar-refractivity contribution < 1.29 is 4.74 Å². The predicted octanol–water partition coefficient (Wildman–Crippen LogP) is 3.82. The summed E-state index contributed by atoms with van der Waals surface area (Å²) in [5.41, 5.74) is 3.71. The number of hydrogen-bond acceptors (Lipinski definition) is 3. The molecule has 7 heteroatoms. The Kier molecular flexibility index (Phi) is 11.9. The highest BCUT2D eigenvalue weighted by atomic mass is 127. The Morgan fingerprint density at radius 2 is 1.97 bits per heavy atom. The second-order valence-corrected chi connectivity index (χ2v) is 7.40. The number of benzene rings is 1. The lowest BCUT2D eigenvalue weighted by molar-refractivity contribution is 0.135. The lowest BCUT2D eigenvalue weighted by Crippen LogP contribution is -2.39. The van der Waals surface area contributed by atoms with Gasteiger partial charge in [0.1, 0.15) is 0 Å². The van der Waals surface area contributed by atoms with Crippen molar-refractivity contribution in [1.29, 1.82) is 0 Å². The van der Waals surface area contributed by atoms with E-state index in [1.165, 1.54) is 11.1 Å². The third-order valence-corrected chi connectivity index (χ3v) is 4.59. The Bertz CT molecular complexity index is 730. The number of halogens is 1. The lowest BCUT2D eigenvalue weighted by Gasteiger charge is -2.22. The van der Waals surface area contributed by atoms with Gasteiger partial charge in [-0.1, -0.05) is 44.2 Å². The molecular formula is C22H36IN5O. The van der Waals surface area contributed by atoms with E-state index in [0.717, 1.165) is 50.8 Å². The molecule has 0 unspecified atom stereocenters. The third kappa shape index (κ3) is 8.74. The number of nitrogens with one attached hydrogen (secondary N) is 1. The summed E-state index contributed by atoms with van der Waals surface area (Å²) < 4.78 is 7.64. The second kappa shape index (κ2) is 13.6.